The Morgan fingerprint density at radius 1 is 1.35 bits per heavy atom. The van der Waals surface area contributed by atoms with Crippen molar-refractivity contribution in [3.05, 3.63) is 69.6 Å². The van der Waals surface area contributed by atoms with Crippen LogP contribution in [0.3, 0.4) is 0 Å². The molecule has 0 unspecified atom stereocenters. The summed E-state index contributed by atoms with van der Waals surface area (Å²) in [7, 11) is 3.86. The average Bonchev–Trinajstić information content (AvgIpc) is 2.62. The highest BCUT2D eigenvalue weighted by molar-refractivity contribution is 5.95. The Kier molecular flexibility index (Phi) is 5.54. The molecular formula is C20H25N3O3. The van der Waals surface area contributed by atoms with Gasteiger partial charge in [0.15, 0.2) is 0 Å². The molecule has 138 valence electrons. The number of nitrogens with zero attached hydrogens (tertiary/aromatic N) is 2. The number of ether oxygens (including phenoxy) is 1. The van der Waals surface area contributed by atoms with Crippen molar-refractivity contribution >= 4 is 5.91 Å². The zero-order valence-electron chi connectivity index (χ0n) is 15.4. The first-order chi connectivity index (χ1) is 12.5. The van der Waals surface area contributed by atoms with Gasteiger partial charge in [-0.15, -0.1) is 0 Å². The maximum absolute atomic E-state index is 12.8. The summed E-state index contributed by atoms with van der Waals surface area (Å²) in [5.41, 5.74) is 2.16. The third-order valence-electron chi connectivity index (χ3n) is 4.91. The van der Waals surface area contributed by atoms with Crippen LogP contribution in [0.25, 0.3) is 0 Å². The van der Waals surface area contributed by atoms with Crippen LogP contribution in [0.2, 0.25) is 0 Å². The molecule has 1 amide bonds. The number of nitrogens with one attached hydrogen (secondary N) is 1. The molecule has 0 radical (unpaired) electrons. The van der Waals surface area contributed by atoms with Gasteiger partial charge >= 0.3 is 0 Å². The molecule has 1 aromatic carbocycles. The molecule has 1 saturated heterocycles. The van der Waals surface area contributed by atoms with Crippen molar-refractivity contribution in [1.29, 1.82) is 0 Å². The lowest BCUT2D eigenvalue weighted by atomic mass is 9.98. The highest BCUT2D eigenvalue weighted by Gasteiger charge is 2.33. The lowest BCUT2D eigenvalue weighted by molar-refractivity contribution is -0.0708. The molecule has 6 nitrogen and oxygen atoms in total. The molecule has 26 heavy (non-hydrogen) atoms. The number of pyridine rings is 1. The third kappa shape index (κ3) is 3.86. The van der Waals surface area contributed by atoms with Gasteiger partial charge in [0.05, 0.1) is 24.3 Å². The van der Waals surface area contributed by atoms with E-state index in [1.807, 2.05) is 18.2 Å². The van der Waals surface area contributed by atoms with Crippen LogP contribution >= 0.6 is 0 Å². The summed E-state index contributed by atoms with van der Waals surface area (Å²) < 4.78 is 6.03. The molecule has 0 aliphatic carbocycles. The van der Waals surface area contributed by atoms with Crippen molar-refractivity contribution in [2.75, 3.05) is 33.8 Å². The summed E-state index contributed by atoms with van der Waals surface area (Å²) in [6.45, 7) is 3.74. The maximum Gasteiger partial charge on any atom is 0.255 e. The fourth-order valence-electron chi connectivity index (χ4n) is 3.50. The summed E-state index contributed by atoms with van der Waals surface area (Å²) in [6, 6.07) is 11.8. The summed E-state index contributed by atoms with van der Waals surface area (Å²) in [6.07, 6.45) is 1.37. The Morgan fingerprint density at radius 2 is 2.08 bits per heavy atom. The van der Waals surface area contributed by atoms with E-state index in [1.165, 1.54) is 17.8 Å². The van der Waals surface area contributed by atoms with Crippen LogP contribution in [-0.4, -0.2) is 60.6 Å². The van der Waals surface area contributed by atoms with Gasteiger partial charge in [-0.25, -0.2) is 0 Å². The summed E-state index contributed by atoms with van der Waals surface area (Å²) in [4.78, 5) is 30.7. The molecule has 2 atom stereocenters. The van der Waals surface area contributed by atoms with Crippen molar-refractivity contribution in [3.63, 3.8) is 0 Å². The molecule has 3 rings (SSSR count). The number of aryl methyl sites for hydroxylation is 1. The summed E-state index contributed by atoms with van der Waals surface area (Å²) >= 11 is 0. The maximum atomic E-state index is 12.8. The Morgan fingerprint density at radius 3 is 2.77 bits per heavy atom. The van der Waals surface area contributed by atoms with Crippen molar-refractivity contribution in [2.24, 2.45) is 0 Å². The van der Waals surface area contributed by atoms with Crippen molar-refractivity contribution in [2.45, 2.75) is 19.1 Å². The number of rotatable bonds is 4. The highest BCUT2D eigenvalue weighted by atomic mass is 16.5. The van der Waals surface area contributed by atoms with Gasteiger partial charge in [0.25, 0.3) is 5.91 Å². The predicted molar refractivity (Wildman–Crippen MR) is 100 cm³/mol. The van der Waals surface area contributed by atoms with Gasteiger partial charge in [0.1, 0.15) is 0 Å². The number of carbonyl (C=O) groups excluding carboxylic acids is 1. The van der Waals surface area contributed by atoms with Gasteiger partial charge in [0, 0.05) is 32.4 Å². The zero-order valence-corrected chi connectivity index (χ0v) is 15.4. The molecule has 1 aromatic heterocycles. The standard InChI is InChI=1S/C20H25N3O3/c1-14-11-18(24)21-12-16(14)20(25)23(3)13-17-19(22(2)9-10-26-17)15-7-5-4-6-8-15/h4-8,11-12,17,19H,9-10,13H2,1-3H3,(H,21,24)/t17-,19-/m0/s1. The summed E-state index contributed by atoms with van der Waals surface area (Å²) in [5.74, 6) is -0.123. The van der Waals surface area contributed by atoms with E-state index in [9.17, 15) is 9.59 Å². The first kappa shape index (κ1) is 18.4. The molecule has 2 aromatic rings. The van der Waals surface area contributed by atoms with Gasteiger partial charge < -0.3 is 14.6 Å². The number of aromatic amines is 1. The van der Waals surface area contributed by atoms with E-state index in [0.29, 0.717) is 24.3 Å². The van der Waals surface area contributed by atoms with Crippen LogP contribution in [0.1, 0.15) is 27.5 Å². The van der Waals surface area contributed by atoms with Crippen molar-refractivity contribution < 1.29 is 9.53 Å². The van der Waals surface area contributed by atoms with Crippen LogP contribution < -0.4 is 5.56 Å². The van der Waals surface area contributed by atoms with Crippen LogP contribution in [-0.2, 0) is 4.74 Å². The van der Waals surface area contributed by atoms with E-state index in [1.54, 1.807) is 18.9 Å². The Balaban J connectivity index is 1.79. The monoisotopic (exact) mass is 355 g/mol. The number of amides is 1. The van der Waals surface area contributed by atoms with E-state index in [-0.39, 0.29) is 23.6 Å². The molecule has 0 saturated carbocycles. The normalized spacial score (nSPS) is 20.7. The number of morpholine rings is 1. The molecule has 1 aliphatic rings. The smallest absolute Gasteiger partial charge is 0.255 e. The van der Waals surface area contributed by atoms with Crippen LogP contribution in [0.15, 0.2) is 47.4 Å². The van der Waals surface area contributed by atoms with Gasteiger partial charge in [-0.1, -0.05) is 30.3 Å². The van der Waals surface area contributed by atoms with Crippen LogP contribution in [0, 0.1) is 6.92 Å². The van der Waals surface area contributed by atoms with Gasteiger partial charge in [0.2, 0.25) is 5.56 Å². The van der Waals surface area contributed by atoms with Crippen molar-refractivity contribution in [1.82, 2.24) is 14.8 Å². The number of hydrogen-bond donors (Lipinski definition) is 1. The number of carbonyl (C=O) groups is 1. The lowest BCUT2D eigenvalue weighted by Crippen LogP contribution is -2.48. The molecule has 0 bridgehead atoms. The highest BCUT2D eigenvalue weighted by Crippen LogP contribution is 2.28. The van der Waals surface area contributed by atoms with E-state index < -0.39 is 0 Å². The topological polar surface area (TPSA) is 65.6 Å². The minimum Gasteiger partial charge on any atom is -0.373 e. The fourth-order valence-corrected chi connectivity index (χ4v) is 3.50. The predicted octanol–water partition coefficient (Wildman–Crippen LogP) is 1.83. The van der Waals surface area contributed by atoms with E-state index in [2.05, 4.69) is 29.1 Å². The molecule has 6 heteroatoms. The largest absolute Gasteiger partial charge is 0.373 e. The molecule has 0 spiro atoms. The third-order valence-corrected chi connectivity index (χ3v) is 4.91. The van der Waals surface area contributed by atoms with E-state index in [4.69, 9.17) is 4.74 Å². The molecular weight excluding hydrogens is 330 g/mol. The second-order valence-electron chi connectivity index (χ2n) is 6.82. The SMILES string of the molecule is Cc1cc(=O)[nH]cc1C(=O)N(C)C[C@@H]1OCCN(C)[C@H]1c1ccccc1. The Hall–Kier alpha value is -2.44. The number of H-pyrrole nitrogens is 1. The minimum absolute atomic E-state index is 0.0943. The first-order valence-corrected chi connectivity index (χ1v) is 8.79. The first-order valence-electron chi connectivity index (χ1n) is 8.79. The van der Waals surface area contributed by atoms with E-state index in [0.717, 1.165) is 6.54 Å². The molecule has 2 heterocycles. The number of hydrogen-bond acceptors (Lipinski definition) is 4. The number of benzene rings is 1. The second-order valence-corrected chi connectivity index (χ2v) is 6.82. The average molecular weight is 355 g/mol. The van der Waals surface area contributed by atoms with Gasteiger partial charge in [-0.3, -0.25) is 14.5 Å². The van der Waals surface area contributed by atoms with Crippen LogP contribution in [0.4, 0.5) is 0 Å². The summed E-state index contributed by atoms with van der Waals surface area (Å²) in [5, 5.41) is 0. The van der Waals surface area contributed by atoms with Gasteiger partial charge in [-0.2, -0.15) is 0 Å². The molecule has 1 aliphatic heterocycles. The minimum atomic E-state index is -0.205. The molecule has 1 N–H and O–H groups in total. The number of likely N-dealkylation sites (N-methyl/N-ethyl adjacent to an activating group) is 2. The van der Waals surface area contributed by atoms with Crippen LogP contribution in [0.5, 0.6) is 0 Å². The van der Waals surface area contributed by atoms with E-state index >= 15 is 0 Å². The zero-order chi connectivity index (χ0) is 18.7. The Bertz CT molecular complexity index is 819. The number of aromatic nitrogens is 1. The van der Waals surface area contributed by atoms with Crippen molar-refractivity contribution in [3.8, 4) is 0 Å². The van der Waals surface area contributed by atoms with Gasteiger partial charge in [-0.05, 0) is 25.1 Å². The second kappa shape index (κ2) is 7.85. The Labute approximate surface area is 153 Å². The fraction of sp³-hybridized carbons (Fsp3) is 0.400. The quantitative estimate of drug-likeness (QED) is 0.909. The molecule has 1 fully saturated rings. The lowest BCUT2D eigenvalue weighted by Gasteiger charge is -2.41.